The summed E-state index contributed by atoms with van der Waals surface area (Å²) in [6.07, 6.45) is 3.57. The highest BCUT2D eigenvalue weighted by Gasteiger charge is 2.37. The van der Waals surface area contributed by atoms with Crippen molar-refractivity contribution in [3.8, 4) is 17.2 Å². The Morgan fingerprint density at radius 1 is 1.03 bits per heavy atom. The van der Waals surface area contributed by atoms with Crippen molar-refractivity contribution in [1.82, 2.24) is 5.01 Å². The van der Waals surface area contributed by atoms with Crippen LogP contribution in [0.4, 0.5) is 0 Å². The third kappa shape index (κ3) is 5.57. The van der Waals surface area contributed by atoms with Crippen LogP contribution in [0.25, 0.3) is 6.08 Å². The monoisotopic (exact) mass is 492 g/mol. The van der Waals surface area contributed by atoms with E-state index in [4.69, 9.17) is 19.6 Å². The Kier molecular flexibility index (Phi) is 7.87. The van der Waals surface area contributed by atoms with Gasteiger partial charge in [-0.3, -0.25) is 10.2 Å². The predicted molar refractivity (Wildman–Crippen MR) is 140 cm³/mol. The molecule has 35 heavy (non-hydrogen) atoms. The minimum absolute atomic E-state index is 0.0438. The van der Waals surface area contributed by atoms with E-state index in [-0.39, 0.29) is 11.4 Å². The normalized spacial score (nSPS) is 16.3. The molecule has 0 atom stereocenters. The van der Waals surface area contributed by atoms with Gasteiger partial charge in [-0.2, -0.15) is 15.1 Å². The number of fused-ring (bicyclic) bond motifs is 1. The molecule has 1 amide bonds. The topological polar surface area (TPSA) is 96.6 Å². The lowest BCUT2D eigenvalue weighted by Crippen LogP contribution is -2.35. The van der Waals surface area contributed by atoms with Gasteiger partial charge in [-0.25, -0.2) is 0 Å². The molecule has 0 saturated carbocycles. The summed E-state index contributed by atoms with van der Waals surface area (Å²) in [4.78, 5) is 16.8. The lowest BCUT2D eigenvalue weighted by molar-refractivity contribution is -0.114. The highest BCUT2D eigenvalue weighted by atomic mass is 32.2. The molecule has 2 aromatic carbocycles. The quantitative estimate of drug-likeness (QED) is 0.361. The van der Waals surface area contributed by atoms with Gasteiger partial charge < -0.3 is 14.2 Å². The summed E-state index contributed by atoms with van der Waals surface area (Å²) in [6.45, 7) is 4.95. The van der Waals surface area contributed by atoms with Crippen molar-refractivity contribution in [2.24, 2.45) is 16.0 Å². The number of hydrogen-bond donors (Lipinski definition) is 1. The smallest absolute Gasteiger partial charge is 0.283 e. The number of amidine groups is 2. The molecule has 0 aromatic heterocycles. The molecule has 4 rings (SSSR count). The lowest BCUT2D eigenvalue weighted by Gasteiger charge is -2.20. The van der Waals surface area contributed by atoms with Crippen LogP contribution in [0.2, 0.25) is 0 Å². The Morgan fingerprint density at radius 2 is 1.71 bits per heavy atom. The number of carbonyl (C=O) groups is 1. The molecule has 0 aliphatic carbocycles. The summed E-state index contributed by atoms with van der Waals surface area (Å²) in [5.74, 6) is 1.94. The largest absolute Gasteiger partial charge is 0.493 e. The molecule has 9 heteroatoms. The van der Waals surface area contributed by atoms with E-state index in [0.29, 0.717) is 41.5 Å². The summed E-state index contributed by atoms with van der Waals surface area (Å²) < 4.78 is 16.7. The first-order valence-corrected chi connectivity index (χ1v) is 12.3. The minimum atomic E-state index is -0.427. The highest BCUT2D eigenvalue weighted by Crippen LogP contribution is 2.33. The van der Waals surface area contributed by atoms with Gasteiger partial charge in [0, 0.05) is 5.92 Å². The standard InChI is InChI=1S/C26H28N4O4S/c1-4-18(5-2)25-29-30-23(27)20(24(31)28-26(30)35-25)16-17-10-12-19(13-11-17)33-14-15-34-22-9-7-6-8-21(22)32-3/h6-13,16,18,27H,4-5,14-15H2,1-3H3/b20-16+,27-23?. The van der Waals surface area contributed by atoms with Crippen LogP contribution in [0.3, 0.4) is 0 Å². The van der Waals surface area contributed by atoms with Gasteiger partial charge in [-0.15, -0.1) is 0 Å². The number of amides is 1. The Balaban J connectivity index is 1.37. The molecule has 0 fully saturated rings. The van der Waals surface area contributed by atoms with Crippen LogP contribution in [0.1, 0.15) is 32.3 Å². The van der Waals surface area contributed by atoms with Crippen molar-refractivity contribution >= 4 is 39.8 Å². The van der Waals surface area contributed by atoms with E-state index in [1.165, 1.54) is 16.8 Å². The molecule has 0 radical (unpaired) electrons. The first kappa shape index (κ1) is 24.5. The number of rotatable bonds is 10. The van der Waals surface area contributed by atoms with Crippen LogP contribution in [0.15, 0.2) is 64.2 Å². The van der Waals surface area contributed by atoms with Gasteiger partial charge in [0.15, 0.2) is 17.3 Å². The fourth-order valence-corrected chi connectivity index (χ4v) is 4.84. The molecular weight excluding hydrogens is 464 g/mol. The minimum Gasteiger partial charge on any atom is -0.493 e. The molecule has 0 spiro atoms. The summed E-state index contributed by atoms with van der Waals surface area (Å²) in [5.41, 5.74) is 0.980. The summed E-state index contributed by atoms with van der Waals surface area (Å²) in [5, 5.41) is 15.9. The summed E-state index contributed by atoms with van der Waals surface area (Å²) in [7, 11) is 1.60. The number of para-hydroxylation sites is 2. The molecule has 0 unspecified atom stereocenters. The molecule has 0 bridgehead atoms. The first-order chi connectivity index (χ1) is 17.0. The zero-order valence-electron chi connectivity index (χ0n) is 20.0. The van der Waals surface area contributed by atoms with Crippen molar-refractivity contribution < 1.29 is 19.0 Å². The van der Waals surface area contributed by atoms with Crippen molar-refractivity contribution in [2.75, 3.05) is 20.3 Å². The average molecular weight is 493 g/mol. The van der Waals surface area contributed by atoms with E-state index >= 15 is 0 Å². The number of methoxy groups -OCH3 is 1. The number of nitrogens with zero attached hydrogens (tertiary/aromatic N) is 3. The van der Waals surface area contributed by atoms with Crippen molar-refractivity contribution in [1.29, 1.82) is 5.41 Å². The SMILES string of the molecule is CCC(CC)C1=NN2C(=N)/C(=C\c3ccc(OCCOc4ccccc4OC)cc3)C(=O)N=C2S1. The number of nitrogens with one attached hydrogen (secondary N) is 1. The Labute approximate surface area is 209 Å². The number of benzene rings is 2. The van der Waals surface area contributed by atoms with Gasteiger partial charge in [0.25, 0.3) is 5.91 Å². The fraction of sp³-hybridized carbons (Fsp3) is 0.308. The third-order valence-corrected chi connectivity index (χ3v) is 6.75. The highest BCUT2D eigenvalue weighted by molar-refractivity contribution is 8.27. The molecular formula is C26H28N4O4S. The number of thioether (sulfide) groups is 1. The predicted octanol–water partition coefficient (Wildman–Crippen LogP) is 5.21. The molecule has 1 N–H and O–H groups in total. The third-order valence-electron chi connectivity index (χ3n) is 5.67. The van der Waals surface area contributed by atoms with E-state index in [9.17, 15) is 4.79 Å². The van der Waals surface area contributed by atoms with Crippen molar-refractivity contribution in [3.63, 3.8) is 0 Å². The zero-order valence-corrected chi connectivity index (χ0v) is 20.8. The number of carbonyl (C=O) groups excluding carboxylic acids is 1. The van der Waals surface area contributed by atoms with Crippen LogP contribution < -0.4 is 14.2 Å². The molecule has 0 saturated heterocycles. The van der Waals surface area contributed by atoms with Crippen LogP contribution in [-0.4, -0.2) is 47.3 Å². The van der Waals surface area contributed by atoms with Gasteiger partial charge in [0.05, 0.1) is 12.7 Å². The second-order valence-electron chi connectivity index (χ2n) is 7.89. The van der Waals surface area contributed by atoms with E-state index in [1.54, 1.807) is 13.2 Å². The van der Waals surface area contributed by atoms with E-state index < -0.39 is 5.91 Å². The van der Waals surface area contributed by atoms with E-state index in [2.05, 4.69) is 23.9 Å². The summed E-state index contributed by atoms with van der Waals surface area (Å²) in [6, 6.07) is 14.8. The fourth-order valence-electron chi connectivity index (χ4n) is 3.69. The lowest BCUT2D eigenvalue weighted by atomic mass is 10.1. The molecule has 2 aliphatic heterocycles. The molecule has 2 aliphatic rings. The maximum absolute atomic E-state index is 12.6. The van der Waals surface area contributed by atoms with Crippen LogP contribution >= 0.6 is 11.8 Å². The van der Waals surface area contributed by atoms with Gasteiger partial charge in [-0.05, 0) is 60.5 Å². The maximum atomic E-state index is 12.6. The second kappa shape index (κ2) is 11.2. The van der Waals surface area contributed by atoms with Crippen molar-refractivity contribution in [3.05, 3.63) is 59.7 Å². The van der Waals surface area contributed by atoms with Crippen LogP contribution in [0, 0.1) is 11.3 Å². The second-order valence-corrected chi connectivity index (χ2v) is 8.88. The number of aliphatic imine (C=N–C) groups is 1. The average Bonchev–Trinajstić information content (AvgIpc) is 3.30. The molecule has 8 nitrogen and oxygen atoms in total. The first-order valence-electron chi connectivity index (χ1n) is 11.5. The van der Waals surface area contributed by atoms with Crippen molar-refractivity contribution in [2.45, 2.75) is 26.7 Å². The molecule has 182 valence electrons. The Morgan fingerprint density at radius 3 is 2.40 bits per heavy atom. The van der Waals surface area contributed by atoms with E-state index in [0.717, 1.165) is 23.4 Å². The van der Waals surface area contributed by atoms with Crippen LogP contribution in [-0.2, 0) is 4.79 Å². The van der Waals surface area contributed by atoms with Crippen LogP contribution in [0.5, 0.6) is 17.2 Å². The van der Waals surface area contributed by atoms with Gasteiger partial charge >= 0.3 is 0 Å². The van der Waals surface area contributed by atoms with Gasteiger partial charge in [0.1, 0.15) is 24.0 Å². The van der Waals surface area contributed by atoms with Gasteiger partial charge in [-0.1, -0.05) is 38.1 Å². The summed E-state index contributed by atoms with van der Waals surface area (Å²) >= 11 is 1.38. The molecule has 2 aromatic rings. The van der Waals surface area contributed by atoms with Gasteiger partial charge in [0.2, 0.25) is 5.17 Å². The number of hydrazone groups is 1. The Hall–Kier alpha value is -3.59. The van der Waals surface area contributed by atoms with E-state index in [1.807, 2.05) is 48.5 Å². The Bertz CT molecular complexity index is 1190. The number of ether oxygens (including phenoxy) is 3. The zero-order chi connectivity index (χ0) is 24.8. The maximum Gasteiger partial charge on any atom is 0.283 e. The number of hydrogen-bond acceptors (Lipinski definition) is 7. The molecule has 2 heterocycles.